The summed E-state index contributed by atoms with van der Waals surface area (Å²) in [6, 6.07) is 14.4. The van der Waals surface area contributed by atoms with Crippen molar-refractivity contribution in [3.63, 3.8) is 0 Å². The molecule has 4 nitrogen and oxygen atoms in total. The Morgan fingerprint density at radius 3 is 2.17 bits per heavy atom. The zero-order chi connectivity index (χ0) is 12.3. The molecule has 18 heavy (non-hydrogen) atoms. The molecule has 0 spiro atoms. The Kier molecular flexibility index (Phi) is 5.22. The predicted octanol–water partition coefficient (Wildman–Crippen LogP) is 2.45. The average Bonchev–Trinajstić information content (AvgIpc) is 2.39. The molecule has 0 aliphatic carbocycles. The maximum Gasteiger partial charge on any atom is 0.270 e. The van der Waals surface area contributed by atoms with Crippen molar-refractivity contribution in [3.05, 3.63) is 75.8 Å². The number of carbonyl (C=O) groups excluding carboxylic acids is 1. The Labute approximate surface area is 126 Å². The summed E-state index contributed by atoms with van der Waals surface area (Å²) in [5.41, 5.74) is 0.769. The summed E-state index contributed by atoms with van der Waals surface area (Å²) in [5.74, 6) is -0.214. The molecule has 85 valence electrons. The van der Waals surface area contributed by atoms with Crippen LogP contribution in [0.1, 0.15) is 15.9 Å². The minimum atomic E-state index is -0.512. The van der Waals surface area contributed by atoms with Crippen LogP contribution in [0.5, 0.6) is 0 Å². The van der Waals surface area contributed by atoms with Gasteiger partial charge in [0.15, 0.2) is 5.78 Å². The Hall–Kier alpha value is -1.49. The third-order valence-electron chi connectivity index (χ3n) is 2.36. The molecule has 0 aliphatic rings. The van der Waals surface area contributed by atoms with E-state index >= 15 is 0 Å². The summed E-state index contributed by atoms with van der Waals surface area (Å²) >= 11 is 0. The van der Waals surface area contributed by atoms with Crippen molar-refractivity contribution in [1.82, 2.24) is 0 Å². The maximum absolute atomic E-state index is 12.0. The summed E-state index contributed by atoms with van der Waals surface area (Å²) < 4.78 is 0. The van der Waals surface area contributed by atoms with Gasteiger partial charge in [-0.05, 0) is 0 Å². The molecule has 0 heterocycles. The molecule has 0 saturated carbocycles. The van der Waals surface area contributed by atoms with Crippen molar-refractivity contribution in [2.45, 2.75) is 0 Å². The van der Waals surface area contributed by atoms with Crippen LogP contribution in [0.25, 0.3) is 0 Å². The van der Waals surface area contributed by atoms with Gasteiger partial charge in [0.05, 0.1) is 4.92 Å². The van der Waals surface area contributed by atoms with E-state index in [2.05, 4.69) is 0 Å². The van der Waals surface area contributed by atoms with E-state index in [1.807, 2.05) is 6.07 Å². The van der Waals surface area contributed by atoms with Crippen molar-refractivity contribution in [2.75, 3.05) is 0 Å². The summed E-state index contributed by atoms with van der Waals surface area (Å²) in [6.45, 7) is 0. The first-order chi connectivity index (χ1) is 8.18. The van der Waals surface area contributed by atoms with Gasteiger partial charge in [0.2, 0.25) is 0 Å². The second kappa shape index (κ2) is 6.44. The predicted molar refractivity (Wildman–Crippen MR) is 68.7 cm³/mol. The molecule has 0 N–H and O–H groups in total. The van der Waals surface area contributed by atoms with E-state index in [0.717, 1.165) is 0 Å². The van der Waals surface area contributed by atoms with Crippen LogP contribution < -0.4 is 0 Å². The normalized spacial score (nSPS) is 9.33. The van der Waals surface area contributed by atoms with Gasteiger partial charge in [-0.3, -0.25) is 14.9 Å². The minimum Gasteiger partial charge on any atom is -0.289 e. The van der Waals surface area contributed by atoms with Gasteiger partial charge in [-0.25, -0.2) is 0 Å². The minimum absolute atomic E-state index is 0. The largest absolute Gasteiger partial charge is 0.289 e. The number of hydrogen-bond acceptors (Lipinski definition) is 3. The van der Waals surface area contributed by atoms with E-state index in [-0.39, 0.29) is 41.0 Å². The Balaban J connectivity index is 0.00000162. The second-order valence-electron chi connectivity index (χ2n) is 3.50. The quantitative estimate of drug-likeness (QED) is 0.364. The van der Waals surface area contributed by atoms with E-state index in [4.69, 9.17) is 0 Å². The molecule has 2 aromatic rings. The maximum atomic E-state index is 12.0. The second-order valence-corrected chi connectivity index (χ2v) is 3.50. The number of carbonyl (C=O) groups is 1. The molecule has 0 amide bonds. The van der Waals surface area contributed by atoms with Gasteiger partial charge in [0, 0.05) is 52.8 Å². The van der Waals surface area contributed by atoms with Gasteiger partial charge >= 0.3 is 0 Å². The van der Waals surface area contributed by atoms with Crippen LogP contribution in [0, 0.1) is 10.1 Å². The van der Waals surface area contributed by atoms with Crippen LogP contribution in [0.2, 0.25) is 0 Å². The molecule has 0 unspecified atom stereocenters. The van der Waals surface area contributed by atoms with E-state index in [9.17, 15) is 14.9 Å². The zero-order valence-electron chi connectivity index (χ0n) is 9.87. The van der Waals surface area contributed by atoms with Gasteiger partial charge in [-0.1, -0.05) is 42.5 Å². The molecule has 0 aliphatic heterocycles. The fourth-order valence-electron chi connectivity index (χ4n) is 1.52. The SMILES string of the molecule is O=C(c1ccccc1)c1cccc([N+](=O)[O-])c1.[Na]. The molecule has 5 heteroatoms. The molecule has 0 aromatic heterocycles. The third kappa shape index (κ3) is 3.26. The molecule has 0 saturated heterocycles. The van der Waals surface area contributed by atoms with Crippen molar-refractivity contribution in [1.29, 1.82) is 0 Å². The monoisotopic (exact) mass is 250 g/mol. The standard InChI is InChI=1S/C13H9NO3.Na/c15-13(10-5-2-1-3-6-10)11-7-4-8-12(9-11)14(16)17;/h1-9H;. The van der Waals surface area contributed by atoms with Gasteiger partial charge in [0.25, 0.3) is 5.69 Å². The fourth-order valence-corrected chi connectivity index (χ4v) is 1.52. The topological polar surface area (TPSA) is 60.2 Å². The van der Waals surface area contributed by atoms with E-state index in [0.29, 0.717) is 11.1 Å². The van der Waals surface area contributed by atoms with Crippen molar-refractivity contribution in [3.8, 4) is 0 Å². The fraction of sp³-hybridized carbons (Fsp3) is 0. The van der Waals surface area contributed by atoms with Gasteiger partial charge in [0.1, 0.15) is 0 Å². The summed E-state index contributed by atoms with van der Waals surface area (Å²) in [7, 11) is 0. The number of benzene rings is 2. The summed E-state index contributed by atoms with van der Waals surface area (Å²) in [4.78, 5) is 22.1. The van der Waals surface area contributed by atoms with Gasteiger partial charge < -0.3 is 0 Å². The van der Waals surface area contributed by atoms with Crippen LogP contribution in [-0.4, -0.2) is 40.3 Å². The molecule has 1 radical (unpaired) electrons. The number of hydrogen-bond donors (Lipinski definition) is 0. The number of non-ortho nitro benzene ring substituents is 1. The van der Waals surface area contributed by atoms with E-state index < -0.39 is 4.92 Å². The molecule has 0 atom stereocenters. The molecule has 2 rings (SSSR count). The Bertz CT molecular complexity index is 569. The van der Waals surface area contributed by atoms with Crippen LogP contribution >= 0.6 is 0 Å². The van der Waals surface area contributed by atoms with E-state index in [1.54, 1.807) is 30.3 Å². The van der Waals surface area contributed by atoms with Crippen molar-refractivity contribution >= 4 is 41.0 Å². The number of rotatable bonds is 3. The van der Waals surface area contributed by atoms with Crippen LogP contribution in [-0.2, 0) is 0 Å². The average molecular weight is 250 g/mol. The zero-order valence-corrected chi connectivity index (χ0v) is 11.9. The van der Waals surface area contributed by atoms with Gasteiger partial charge in [-0.2, -0.15) is 0 Å². The van der Waals surface area contributed by atoms with Crippen LogP contribution in [0.4, 0.5) is 5.69 Å². The van der Waals surface area contributed by atoms with Crippen molar-refractivity contribution in [2.24, 2.45) is 0 Å². The number of nitro groups is 1. The summed E-state index contributed by atoms with van der Waals surface area (Å²) in [5, 5.41) is 10.6. The van der Waals surface area contributed by atoms with Crippen molar-refractivity contribution < 1.29 is 9.72 Å². The number of ketones is 1. The van der Waals surface area contributed by atoms with Crippen LogP contribution in [0.15, 0.2) is 54.6 Å². The number of nitrogens with zero attached hydrogens (tertiary/aromatic N) is 1. The van der Waals surface area contributed by atoms with E-state index in [1.165, 1.54) is 18.2 Å². The molecule has 2 aromatic carbocycles. The van der Waals surface area contributed by atoms with Gasteiger partial charge in [-0.15, -0.1) is 0 Å². The first kappa shape index (κ1) is 14.6. The molecule has 0 bridgehead atoms. The first-order valence-corrected chi connectivity index (χ1v) is 5.02. The smallest absolute Gasteiger partial charge is 0.270 e. The molecular weight excluding hydrogens is 241 g/mol. The third-order valence-corrected chi connectivity index (χ3v) is 2.36. The Morgan fingerprint density at radius 2 is 1.56 bits per heavy atom. The molecular formula is C13H9NNaO3. The number of nitro benzene ring substituents is 1. The Morgan fingerprint density at radius 1 is 0.944 bits per heavy atom. The van der Waals surface area contributed by atoms with Crippen LogP contribution in [0.3, 0.4) is 0 Å². The molecule has 0 fully saturated rings. The summed E-state index contributed by atoms with van der Waals surface area (Å²) in [6.07, 6.45) is 0. The first-order valence-electron chi connectivity index (χ1n) is 5.02.